The highest BCUT2D eigenvalue weighted by molar-refractivity contribution is 4.74. The van der Waals surface area contributed by atoms with E-state index in [0.717, 1.165) is 32.7 Å². The summed E-state index contributed by atoms with van der Waals surface area (Å²) in [7, 11) is 0. The molecule has 0 aromatic heterocycles. The van der Waals surface area contributed by atoms with E-state index < -0.39 is 0 Å². The fourth-order valence-electron chi connectivity index (χ4n) is 1.73. The van der Waals surface area contributed by atoms with Gasteiger partial charge >= 0.3 is 0 Å². The third kappa shape index (κ3) is 3.60. The second kappa shape index (κ2) is 4.91. The largest absolute Gasteiger partial charge is 0.379 e. The van der Waals surface area contributed by atoms with Crippen LogP contribution in [-0.2, 0) is 0 Å². The molecule has 0 radical (unpaired) electrons. The van der Waals surface area contributed by atoms with Crippen LogP contribution in [0.25, 0.3) is 0 Å². The van der Waals surface area contributed by atoms with Crippen LogP contribution in [0.2, 0.25) is 0 Å². The topological polar surface area (TPSA) is 52.7 Å². The summed E-state index contributed by atoms with van der Waals surface area (Å²) < 4.78 is 0. The maximum absolute atomic E-state index is 9.33. The van der Waals surface area contributed by atoms with Crippen LogP contribution in [0.3, 0.4) is 0 Å². The molecule has 13 heavy (non-hydrogen) atoms. The average Bonchev–Trinajstić information content (AvgIpc) is 2.04. The summed E-state index contributed by atoms with van der Waals surface area (Å²) in [5.74, 6) is 0. The molecule has 2 unspecified atom stereocenters. The summed E-state index contributed by atoms with van der Waals surface area (Å²) >= 11 is 0. The molecule has 1 saturated heterocycles. The summed E-state index contributed by atoms with van der Waals surface area (Å²) in [6.45, 7) is 8.75. The average molecular weight is 187 g/mol. The molecule has 0 aromatic carbocycles. The Labute approximate surface area is 80.3 Å². The van der Waals surface area contributed by atoms with Crippen molar-refractivity contribution in [2.45, 2.75) is 26.1 Å². The second-order valence-corrected chi connectivity index (χ2v) is 3.95. The van der Waals surface area contributed by atoms with Crippen molar-refractivity contribution in [2.24, 2.45) is 5.73 Å². The van der Waals surface area contributed by atoms with Crippen molar-refractivity contribution in [3.8, 4) is 0 Å². The zero-order valence-corrected chi connectivity index (χ0v) is 8.61. The molecule has 3 N–H and O–H groups in total. The number of rotatable bonds is 3. The molecule has 0 spiro atoms. The Morgan fingerprint density at radius 2 is 1.77 bits per heavy atom. The van der Waals surface area contributed by atoms with Gasteiger partial charge in [-0.15, -0.1) is 0 Å². The second-order valence-electron chi connectivity index (χ2n) is 3.95. The number of nitrogens with two attached hydrogens (primary N) is 1. The van der Waals surface area contributed by atoms with E-state index in [0.29, 0.717) is 0 Å². The van der Waals surface area contributed by atoms with E-state index in [2.05, 4.69) is 9.80 Å². The van der Waals surface area contributed by atoms with Crippen LogP contribution < -0.4 is 5.73 Å². The Balaban J connectivity index is 2.22. The van der Waals surface area contributed by atoms with Gasteiger partial charge in [0.25, 0.3) is 0 Å². The van der Waals surface area contributed by atoms with E-state index in [1.165, 1.54) is 0 Å². The van der Waals surface area contributed by atoms with E-state index in [4.69, 9.17) is 5.73 Å². The van der Waals surface area contributed by atoms with Gasteiger partial charge in [0.1, 0.15) is 6.23 Å². The molecule has 1 fully saturated rings. The Kier molecular flexibility index (Phi) is 4.12. The van der Waals surface area contributed by atoms with E-state index in [1.54, 1.807) is 0 Å². The van der Waals surface area contributed by atoms with Crippen molar-refractivity contribution in [3.63, 3.8) is 0 Å². The van der Waals surface area contributed by atoms with Crippen LogP contribution in [0, 0.1) is 0 Å². The maximum atomic E-state index is 9.33. The number of aliphatic hydroxyl groups is 1. The summed E-state index contributed by atoms with van der Waals surface area (Å²) in [6, 6.07) is 0.248. The van der Waals surface area contributed by atoms with E-state index in [1.807, 2.05) is 13.8 Å². The predicted octanol–water partition coefficient (Wildman–Crippen LogP) is -0.710. The first-order valence-electron chi connectivity index (χ1n) is 4.99. The molecule has 1 aliphatic heterocycles. The number of hydrogen-bond donors (Lipinski definition) is 2. The Bertz CT molecular complexity index is 142. The van der Waals surface area contributed by atoms with Crippen molar-refractivity contribution in [3.05, 3.63) is 0 Å². The van der Waals surface area contributed by atoms with Gasteiger partial charge in [-0.05, 0) is 13.8 Å². The smallest absolute Gasteiger partial charge is 0.104 e. The van der Waals surface area contributed by atoms with Gasteiger partial charge < -0.3 is 10.8 Å². The molecule has 4 heteroatoms. The number of piperazine rings is 1. The SMILES string of the molecule is CC(N)CN1CCN(C(C)O)CC1. The Hall–Kier alpha value is -0.160. The Morgan fingerprint density at radius 1 is 1.23 bits per heavy atom. The zero-order chi connectivity index (χ0) is 9.84. The lowest BCUT2D eigenvalue weighted by atomic mass is 10.2. The molecular weight excluding hydrogens is 166 g/mol. The van der Waals surface area contributed by atoms with Crippen molar-refractivity contribution < 1.29 is 5.11 Å². The highest BCUT2D eigenvalue weighted by atomic mass is 16.3. The minimum atomic E-state index is -0.308. The van der Waals surface area contributed by atoms with Crippen LogP contribution in [0.1, 0.15) is 13.8 Å². The molecule has 0 saturated carbocycles. The molecule has 4 nitrogen and oxygen atoms in total. The van der Waals surface area contributed by atoms with Gasteiger partial charge in [-0.25, -0.2) is 0 Å². The molecular formula is C9H21N3O. The van der Waals surface area contributed by atoms with Gasteiger partial charge in [-0.1, -0.05) is 0 Å². The van der Waals surface area contributed by atoms with Gasteiger partial charge in [-0.3, -0.25) is 9.80 Å². The third-order valence-electron chi connectivity index (χ3n) is 2.48. The highest BCUT2D eigenvalue weighted by Gasteiger charge is 2.19. The molecule has 1 heterocycles. The van der Waals surface area contributed by atoms with Crippen LogP contribution >= 0.6 is 0 Å². The quantitative estimate of drug-likeness (QED) is 0.613. The zero-order valence-electron chi connectivity index (χ0n) is 8.61. The normalized spacial score (nSPS) is 25.8. The summed E-state index contributed by atoms with van der Waals surface area (Å²) in [5.41, 5.74) is 5.71. The first-order chi connectivity index (χ1) is 6.09. The lowest BCUT2D eigenvalue weighted by Gasteiger charge is -2.36. The standard InChI is InChI=1S/C9H21N3O/c1-8(10)7-11-3-5-12(6-4-11)9(2)13/h8-9,13H,3-7,10H2,1-2H3. The summed E-state index contributed by atoms with van der Waals surface area (Å²) in [4.78, 5) is 4.43. The van der Waals surface area contributed by atoms with Crippen LogP contribution in [0.5, 0.6) is 0 Å². The molecule has 78 valence electrons. The first-order valence-corrected chi connectivity index (χ1v) is 4.99. The molecule has 0 aliphatic carbocycles. The Morgan fingerprint density at radius 3 is 2.15 bits per heavy atom. The molecule has 1 rings (SSSR count). The third-order valence-corrected chi connectivity index (χ3v) is 2.48. The van der Waals surface area contributed by atoms with E-state index in [9.17, 15) is 5.11 Å². The molecule has 0 bridgehead atoms. The number of aliphatic hydroxyl groups excluding tert-OH is 1. The highest BCUT2D eigenvalue weighted by Crippen LogP contribution is 2.04. The van der Waals surface area contributed by atoms with Crippen molar-refractivity contribution in [1.82, 2.24) is 9.80 Å². The lowest BCUT2D eigenvalue weighted by Crippen LogP contribution is -2.51. The monoisotopic (exact) mass is 187 g/mol. The minimum absolute atomic E-state index is 0.248. The van der Waals surface area contributed by atoms with E-state index >= 15 is 0 Å². The van der Waals surface area contributed by atoms with Crippen molar-refractivity contribution in [2.75, 3.05) is 32.7 Å². The number of hydrogen-bond acceptors (Lipinski definition) is 4. The fraction of sp³-hybridized carbons (Fsp3) is 1.00. The van der Waals surface area contributed by atoms with Gasteiger partial charge in [0.2, 0.25) is 0 Å². The lowest BCUT2D eigenvalue weighted by molar-refractivity contribution is -0.0132. The fourth-order valence-corrected chi connectivity index (χ4v) is 1.73. The predicted molar refractivity (Wildman–Crippen MR) is 53.3 cm³/mol. The molecule has 0 aromatic rings. The van der Waals surface area contributed by atoms with Gasteiger partial charge in [-0.2, -0.15) is 0 Å². The van der Waals surface area contributed by atoms with Crippen molar-refractivity contribution >= 4 is 0 Å². The maximum Gasteiger partial charge on any atom is 0.104 e. The summed E-state index contributed by atoms with van der Waals surface area (Å²) in [5, 5.41) is 9.33. The number of nitrogens with zero attached hydrogens (tertiary/aromatic N) is 2. The van der Waals surface area contributed by atoms with Gasteiger partial charge in [0, 0.05) is 38.8 Å². The van der Waals surface area contributed by atoms with Gasteiger partial charge in [0.15, 0.2) is 0 Å². The van der Waals surface area contributed by atoms with Crippen LogP contribution in [0.4, 0.5) is 0 Å². The van der Waals surface area contributed by atoms with E-state index in [-0.39, 0.29) is 12.3 Å². The minimum Gasteiger partial charge on any atom is -0.379 e. The van der Waals surface area contributed by atoms with Crippen LogP contribution in [-0.4, -0.2) is 59.9 Å². The molecule has 2 atom stereocenters. The van der Waals surface area contributed by atoms with Crippen LogP contribution in [0.15, 0.2) is 0 Å². The summed E-state index contributed by atoms with van der Waals surface area (Å²) in [6.07, 6.45) is -0.308. The molecule has 0 amide bonds. The van der Waals surface area contributed by atoms with Crippen molar-refractivity contribution in [1.29, 1.82) is 0 Å². The van der Waals surface area contributed by atoms with Gasteiger partial charge in [0.05, 0.1) is 0 Å². The first kappa shape index (κ1) is 10.9. The molecule has 1 aliphatic rings.